The van der Waals surface area contributed by atoms with Gasteiger partial charge in [-0.1, -0.05) is 0 Å². The zero-order valence-electron chi connectivity index (χ0n) is 21.3. The minimum absolute atomic E-state index is 0.0646. The van der Waals surface area contributed by atoms with Gasteiger partial charge in [-0.2, -0.15) is 0 Å². The molecule has 5 rings (SSSR count). The van der Waals surface area contributed by atoms with Gasteiger partial charge in [0, 0.05) is 31.5 Å². The number of benzene rings is 1. The second kappa shape index (κ2) is 10.7. The first-order chi connectivity index (χ1) is 18.3. The molecular formula is C27H31F2N5O4. The number of carbonyl (C=O) groups is 1. The van der Waals surface area contributed by atoms with Crippen molar-refractivity contribution in [2.75, 3.05) is 24.7 Å². The number of hydrogen-bond acceptors (Lipinski definition) is 7. The highest BCUT2D eigenvalue weighted by molar-refractivity contribution is 6.00. The van der Waals surface area contributed by atoms with E-state index < -0.39 is 23.9 Å². The number of nitrogens with zero attached hydrogens (tertiary/aromatic N) is 5. The van der Waals surface area contributed by atoms with Crippen molar-refractivity contribution in [1.82, 2.24) is 19.4 Å². The molecule has 1 saturated carbocycles. The van der Waals surface area contributed by atoms with Gasteiger partial charge in [0.2, 0.25) is 12.2 Å². The molecule has 2 aliphatic rings. The van der Waals surface area contributed by atoms with E-state index in [4.69, 9.17) is 9.72 Å². The molecule has 1 unspecified atom stereocenters. The Labute approximate surface area is 219 Å². The number of ether oxygens (including phenoxy) is 1. The van der Waals surface area contributed by atoms with E-state index in [2.05, 4.69) is 4.98 Å². The van der Waals surface area contributed by atoms with Gasteiger partial charge in [0.15, 0.2) is 11.5 Å². The normalized spacial score (nSPS) is 17.3. The lowest BCUT2D eigenvalue weighted by atomic mass is 10.1. The van der Waals surface area contributed by atoms with E-state index in [1.807, 2.05) is 13.8 Å². The molecule has 2 aromatic heterocycles. The Morgan fingerprint density at radius 3 is 2.58 bits per heavy atom. The molecule has 1 amide bonds. The van der Waals surface area contributed by atoms with Crippen LogP contribution in [-0.2, 0) is 6.54 Å². The lowest BCUT2D eigenvalue weighted by Gasteiger charge is -2.42. The highest BCUT2D eigenvalue weighted by Crippen LogP contribution is 2.39. The molecule has 1 atom stereocenters. The van der Waals surface area contributed by atoms with Crippen LogP contribution in [0.3, 0.4) is 0 Å². The number of aromatic nitrogens is 3. The van der Waals surface area contributed by atoms with E-state index in [0.717, 1.165) is 18.9 Å². The number of imidazole rings is 1. The number of aliphatic hydroxyl groups excluding tert-OH is 2. The topological polar surface area (TPSA) is 104 Å². The summed E-state index contributed by atoms with van der Waals surface area (Å²) in [5.74, 6) is -0.579. The number of aliphatic hydroxyl groups is 2. The number of pyridine rings is 1. The maximum atomic E-state index is 14.1. The molecule has 3 aromatic rings. The number of fused-ring (bicyclic) bond motifs is 1. The van der Waals surface area contributed by atoms with Crippen LogP contribution in [0.15, 0.2) is 36.5 Å². The van der Waals surface area contributed by atoms with E-state index in [-0.39, 0.29) is 43.7 Å². The van der Waals surface area contributed by atoms with Crippen LogP contribution in [0.4, 0.5) is 14.6 Å². The van der Waals surface area contributed by atoms with E-state index in [0.29, 0.717) is 35.4 Å². The van der Waals surface area contributed by atoms with E-state index >= 15 is 0 Å². The summed E-state index contributed by atoms with van der Waals surface area (Å²) in [6.07, 6.45) is 2.75. The summed E-state index contributed by atoms with van der Waals surface area (Å²) >= 11 is 0. The molecule has 38 heavy (non-hydrogen) atoms. The van der Waals surface area contributed by atoms with E-state index in [1.165, 1.54) is 17.0 Å². The molecule has 0 saturated heterocycles. The lowest BCUT2D eigenvalue weighted by Crippen LogP contribution is -2.58. The van der Waals surface area contributed by atoms with Crippen LogP contribution >= 0.6 is 0 Å². The van der Waals surface area contributed by atoms with Crippen LogP contribution in [0.25, 0.3) is 11.4 Å². The van der Waals surface area contributed by atoms with Gasteiger partial charge in [-0.3, -0.25) is 9.69 Å². The zero-order valence-corrected chi connectivity index (χ0v) is 21.3. The summed E-state index contributed by atoms with van der Waals surface area (Å²) < 4.78 is 35.9. The molecule has 1 aliphatic heterocycles. The van der Waals surface area contributed by atoms with Crippen molar-refractivity contribution < 1.29 is 28.5 Å². The molecule has 0 radical (unpaired) electrons. The fourth-order valence-corrected chi connectivity index (χ4v) is 4.70. The summed E-state index contributed by atoms with van der Waals surface area (Å²) in [5.41, 5.74) is 0.983. The molecule has 1 aliphatic carbocycles. The maximum Gasteiger partial charge on any atom is 0.277 e. The molecular weight excluding hydrogens is 496 g/mol. The minimum Gasteiger partial charge on any atom is -0.477 e. The minimum atomic E-state index is -1.30. The Morgan fingerprint density at radius 2 is 1.92 bits per heavy atom. The molecule has 11 heteroatoms. The molecule has 202 valence electrons. The van der Waals surface area contributed by atoms with Gasteiger partial charge in [0.1, 0.15) is 17.5 Å². The van der Waals surface area contributed by atoms with Gasteiger partial charge in [-0.25, -0.2) is 18.7 Å². The standard InChI is InChI=1S/C27H31F2N5O4/c1-16(2)34-24-22(26(36)32(27(34)37)9-4-10-35)33(14-18-11-19(28)13-20(29)12-18)23(31-24)21-5-3-8-30-25(21)38-15-17-6-7-17/h3,5,8,11-13,16-17,27,35,37H,4,6-7,9-10,14-15H2,1-2H3. The lowest BCUT2D eigenvalue weighted by molar-refractivity contribution is -0.00459. The van der Waals surface area contributed by atoms with Crippen LogP contribution in [0.1, 0.15) is 49.2 Å². The Kier molecular flexibility index (Phi) is 7.31. The third-order valence-electron chi connectivity index (χ3n) is 6.73. The summed E-state index contributed by atoms with van der Waals surface area (Å²) in [4.78, 5) is 25.9. The molecule has 1 fully saturated rings. The Hall–Kier alpha value is -3.57. The quantitative estimate of drug-likeness (QED) is 0.417. The molecule has 3 heterocycles. The van der Waals surface area contributed by atoms with Crippen molar-refractivity contribution in [2.24, 2.45) is 5.92 Å². The molecule has 0 bridgehead atoms. The highest BCUT2D eigenvalue weighted by Gasteiger charge is 2.42. The number of hydrogen-bond donors (Lipinski definition) is 2. The summed E-state index contributed by atoms with van der Waals surface area (Å²) in [6, 6.07) is 6.45. The third kappa shape index (κ3) is 5.08. The van der Waals surface area contributed by atoms with Gasteiger partial charge in [-0.05, 0) is 68.9 Å². The molecule has 9 nitrogen and oxygen atoms in total. The predicted octanol–water partition coefficient (Wildman–Crippen LogP) is 3.39. The van der Waals surface area contributed by atoms with Gasteiger partial charge in [-0.15, -0.1) is 0 Å². The van der Waals surface area contributed by atoms with Crippen molar-refractivity contribution in [3.8, 4) is 17.3 Å². The van der Waals surface area contributed by atoms with Crippen molar-refractivity contribution in [3.05, 3.63) is 59.4 Å². The van der Waals surface area contributed by atoms with Crippen LogP contribution in [0, 0.1) is 17.6 Å². The van der Waals surface area contributed by atoms with Crippen LogP contribution < -0.4 is 9.64 Å². The Bertz CT molecular complexity index is 1310. The fraction of sp³-hybridized carbons (Fsp3) is 0.444. The van der Waals surface area contributed by atoms with Crippen molar-refractivity contribution >= 4 is 11.7 Å². The number of halogens is 2. The predicted molar refractivity (Wildman–Crippen MR) is 135 cm³/mol. The molecule has 1 aromatic carbocycles. The number of rotatable bonds is 10. The average molecular weight is 528 g/mol. The van der Waals surface area contributed by atoms with Crippen molar-refractivity contribution in [2.45, 2.75) is 52.0 Å². The first-order valence-corrected chi connectivity index (χ1v) is 12.8. The largest absolute Gasteiger partial charge is 0.477 e. The van der Waals surface area contributed by atoms with Gasteiger partial charge >= 0.3 is 0 Å². The first-order valence-electron chi connectivity index (χ1n) is 12.8. The average Bonchev–Trinajstić information content (AvgIpc) is 3.63. The maximum absolute atomic E-state index is 14.1. The van der Waals surface area contributed by atoms with Crippen LogP contribution in [0.5, 0.6) is 5.88 Å². The number of amides is 1. The highest BCUT2D eigenvalue weighted by atomic mass is 19.1. The van der Waals surface area contributed by atoms with Gasteiger partial charge < -0.3 is 24.4 Å². The van der Waals surface area contributed by atoms with Crippen LogP contribution in [-0.4, -0.2) is 67.7 Å². The Balaban J connectivity index is 1.69. The molecule has 2 N–H and O–H groups in total. The smallest absolute Gasteiger partial charge is 0.277 e. The van der Waals surface area contributed by atoms with E-state index in [9.17, 15) is 23.8 Å². The summed E-state index contributed by atoms with van der Waals surface area (Å²) in [5, 5.41) is 20.5. The second-order valence-electron chi connectivity index (χ2n) is 10.0. The third-order valence-corrected chi connectivity index (χ3v) is 6.73. The van der Waals surface area contributed by atoms with Crippen LogP contribution in [0.2, 0.25) is 0 Å². The monoisotopic (exact) mass is 527 g/mol. The number of carbonyl (C=O) groups excluding carboxylic acids is 1. The molecule has 0 spiro atoms. The summed E-state index contributed by atoms with van der Waals surface area (Å²) in [7, 11) is 0. The SMILES string of the molecule is CC(C)N1c2nc(-c3cccnc3OCC3CC3)n(Cc3cc(F)cc(F)c3)c2C(=O)N(CCCO)C1O. The summed E-state index contributed by atoms with van der Waals surface area (Å²) in [6.45, 7) is 4.12. The fourth-order valence-electron chi connectivity index (χ4n) is 4.70. The van der Waals surface area contributed by atoms with E-state index in [1.54, 1.807) is 27.8 Å². The van der Waals surface area contributed by atoms with Gasteiger partial charge in [0.05, 0.1) is 18.7 Å². The Morgan fingerprint density at radius 1 is 1.18 bits per heavy atom. The van der Waals surface area contributed by atoms with Crippen molar-refractivity contribution in [3.63, 3.8) is 0 Å². The zero-order chi connectivity index (χ0) is 27.0. The van der Waals surface area contributed by atoms with Crippen molar-refractivity contribution in [1.29, 1.82) is 0 Å². The first kappa shape index (κ1) is 26.1. The van der Waals surface area contributed by atoms with Gasteiger partial charge in [0.25, 0.3) is 5.91 Å². The second-order valence-corrected chi connectivity index (χ2v) is 10.0. The number of anilines is 1.